The van der Waals surface area contributed by atoms with Gasteiger partial charge in [-0.2, -0.15) is 0 Å². The number of esters is 1. The Morgan fingerprint density at radius 1 is 1.58 bits per heavy atom. The molecule has 4 nitrogen and oxygen atoms in total. The summed E-state index contributed by atoms with van der Waals surface area (Å²) in [6.45, 7) is 0.544. The number of methoxy groups -OCH3 is 1. The summed E-state index contributed by atoms with van der Waals surface area (Å²) in [6.07, 6.45) is 1.45. The first-order chi connectivity index (χ1) is 5.66. The second-order valence-corrected chi connectivity index (χ2v) is 2.95. The van der Waals surface area contributed by atoms with Gasteiger partial charge in [0.15, 0.2) is 0 Å². The van der Waals surface area contributed by atoms with E-state index in [9.17, 15) is 9.59 Å². The molecule has 0 radical (unpaired) electrons. The van der Waals surface area contributed by atoms with Crippen molar-refractivity contribution in [3.63, 3.8) is 0 Å². The molecule has 0 saturated carbocycles. The Labute approximate surface area is 75.4 Å². The zero-order chi connectivity index (χ0) is 9.14. The highest BCUT2D eigenvalue weighted by Gasteiger charge is 2.33. The second kappa shape index (κ2) is 3.76. The summed E-state index contributed by atoms with van der Waals surface area (Å²) in [4.78, 5) is 23.1. The average molecular weight is 192 g/mol. The second-order valence-electron chi connectivity index (χ2n) is 2.63. The number of carbonyl (C=O) groups is 2. The minimum atomic E-state index is -0.581. The third kappa shape index (κ3) is 1.69. The fourth-order valence-electron chi connectivity index (χ4n) is 1.36. The van der Waals surface area contributed by atoms with E-state index < -0.39 is 11.4 Å². The number of nitrogens with zero attached hydrogens (tertiary/aromatic N) is 1. The van der Waals surface area contributed by atoms with Gasteiger partial charge in [0.05, 0.1) is 7.11 Å². The van der Waals surface area contributed by atoms with Crippen molar-refractivity contribution in [3.8, 4) is 0 Å². The van der Waals surface area contributed by atoms with Crippen LogP contribution in [0.25, 0.3) is 0 Å². The molecule has 0 aliphatic carbocycles. The number of amides is 1. The molecule has 0 unspecified atom stereocenters. The standard InChI is InChI=1S/C7H10ClNO3/c1-12-6(10)5-3-2-4-9(5)7(8)11/h5H,2-4H2,1H3/t5-/m1/s1. The van der Waals surface area contributed by atoms with Crippen LogP contribution in [0.5, 0.6) is 0 Å². The Balaban J connectivity index is 2.63. The Morgan fingerprint density at radius 3 is 2.75 bits per heavy atom. The number of likely N-dealkylation sites (tertiary alicyclic amines) is 1. The van der Waals surface area contributed by atoms with Crippen LogP contribution in [-0.4, -0.2) is 35.9 Å². The third-order valence-corrected chi connectivity index (χ3v) is 2.17. The van der Waals surface area contributed by atoms with Crippen molar-refractivity contribution < 1.29 is 14.3 Å². The summed E-state index contributed by atoms with van der Waals surface area (Å²) in [5.74, 6) is -0.387. The number of ether oxygens (including phenoxy) is 1. The van der Waals surface area contributed by atoms with Gasteiger partial charge >= 0.3 is 11.3 Å². The van der Waals surface area contributed by atoms with Gasteiger partial charge < -0.3 is 9.64 Å². The first kappa shape index (κ1) is 9.32. The molecule has 0 N–H and O–H groups in total. The fourth-order valence-corrected chi connectivity index (χ4v) is 1.56. The molecule has 1 saturated heterocycles. The summed E-state index contributed by atoms with van der Waals surface area (Å²) in [6, 6.07) is -0.472. The van der Waals surface area contributed by atoms with E-state index >= 15 is 0 Å². The van der Waals surface area contributed by atoms with Crippen molar-refractivity contribution in [3.05, 3.63) is 0 Å². The molecule has 68 valence electrons. The van der Waals surface area contributed by atoms with Crippen molar-refractivity contribution in [1.29, 1.82) is 0 Å². The first-order valence-corrected chi connectivity index (χ1v) is 4.08. The van der Waals surface area contributed by atoms with Gasteiger partial charge in [0, 0.05) is 6.54 Å². The Kier molecular flexibility index (Phi) is 2.92. The average Bonchev–Trinajstić information content (AvgIpc) is 2.50. The summed E-state index contributed by atoms with van der Waals surface area (Å²) in [5.41, 5.74) is 0. The molecule has 0 aromatic carbocycles. The molecule has 1 aliphatic rings. The monoisotopic (exact) mass is 191 g/mol. The molecule has 0 aromatic rings. The molecule has 1 heterocycles. The lowest BCUT2D eigenvalue weighted by Crippen LogP contribution is -2.38. The normalized spacial score (nSPS) is 22.5. The number of hydrogen-bond donors (Lipinski definition) is 0. The van der Waals surface area contributed by atoms with E-state index in [4.69, 9.17) is 11.6 Å². The van der Waals surface area contributed by atoms with Crippen molar-refractivity contribution in [2.24, 2.45) is 0 Å². The highest BCUT2D eigenvalue weighted by atomic mass is 35.5. The molecule has 1 rings (SSSR count). The Hall–Kier alpha value is -0.770. The summed E-state index contributed by atoms with van der Waals surface area (Å²) < 4.78 is 4.52. The molecule has 12 heavy (non-hydrogen) atoms. The molecule has 1 aliphatic heterocycles. The lowest BCUT2D eigenvalue weighted by molar-refractivity contribution is -0.144. The zero-order valence-electron chi connectivity index (χ0n) is 6.75. The minimum Gasteiger partial charge on any atom is -0.467 e. The van der Waals surface area contributed by atoms with E-state index in [1.54, 1.807) is 0 Å². The van der Waals surface area contributed by atoms with Gasteiger partial charge in [0.25, 0.3) is 0 Å². The molecule has 1 fully saturated rings. The maximum atomic E-state index is 11.1. The van der Waals surface area contributed by atoms with Crippen LogP contribution in [0.15, 0.2) is 0 Å². The van der Waals surface area contributed by atoms with E-state index in [0.717, 1.165) is 6.42 Å². The predicted octanol–water partition coefficient (Wildman–Crippen LogP) is 0.983. The van der Waals surface area contributed by atoms with E-state index in [1.165, 1.54) is 12.0 Å². The quantitative estimate of drug-likeness (QED) is 0.353. The van der Waals surface area contributed by atoms with E-state index in [-0.39, 0.29) is 5.97 Å². The minimum absolute atomic E-state index is 0.387. The fraction of sp³-hybridized carbons (Fsp3) is 0.714. The molecule has 0 aromatic heterocycles. The number of halogens is 1. The summed E-state index contributed by atoms with van der Waals surface area (Å²) >= 11 is 5.26. The van der Waals surface area contributed by atoms with Crippen LogP contribution in [0.3, 0.4) is 0 Å². The van der Waals surface area contributed by atoms with Gasteiger partial charge in [-0.25, -0.2) is 4.79 Å². The Morgan fingerprint density at radius 2 is 2.25 bits per heavy atom. The summed E-state index contributed by atoms with van der Waals surface area (Å²) in [5, 5.41) is -0.581. The highest BCUT2D eigenvalue weighted by Crippen LogP contribution is 2.19. The Bertz CT molecular complexity index is 207. The topological polar surface area (TPSA) is 46.6 Å². The zero-order valence-corrected chi connectivity index (χ0v) is 7.50. The first-order valence-electron chi connectivity index (χ1n) is 3.70. The van der Waals surface area contributed by atoms with Crippen molar-refractivity contribution in [1.82, 2.24) is 4.90 Å². The van der Waals surface area contributed by atoms with Crippen LogP contribution in [0.4, 0.5) is 4.79 Å². The lowest BCUT2D eigenvalue weighted by Gasteiger charge is -2.18. The van der Waals surface area contributed by atoms with E-state index in [0.29, 0.717) is 13.0 Å². The number of hydrogen-bond acceptors (Lipinski definition) is 3. The van der Waals surface area contributed by atoms with Crippen LogP contribution in [0.1, 0.15) is 12.8 Å². The van der Waals surface area contributed by atoms with Gasteiger partial charge in [0.2, 0.25) is 0 Å². The van der Waals surface area contributed by atoms with Crippen molar-refractivity contribution in [2.45, 2.75) is 18.9 Å². The number of carbonyl (C=O) groups excluding carboxylic acids is 2. The van der Waals surface area contributed by atoms with Crippen molar-refractivity contribution in [2.75, 3.05) is 13.7 Å². The van der Waals surface area contributed by atoms with Gasteiger partial charge in [-0.1, -0.05) is 0 Å². The van der Waals surface area contributed by atoms with Crippen molar-refractivity contribution >= 4 is 22.9 Å². The highest BCUT2D eigenvalue weighted by molar-refractivity contribution is 6.63. The predicted molar refractivity (Wildman–Crippen MR) is 43.0 cm³/mol. The van der Waals surface area contributed by atoms with E-state index in [1.807, 2.05) is 0 Å². The van der Waals surface area contributed by atoms with Gasteiger partial charge in [-0.05, 0) is 24.4 Å². The SMILES string of the molecule is COC(=O)[C@H]1CCCN1C(=O)Cl. The number of rotatable bonds is 1. The van der Waals surface area contributed by atoms with Gasteiger partial charge in [0.1, 0.15) is 6.04 Å². The lowest BCUT2D eigenvalue weighted by atomic mass is 10.2. The van der Waals surface area contributed by atoms with Crippen LogP contribution in [-0.2, 0) is 9.53 Å². The molecular weight excluding hydrogens is 182 g/mol. The van der Waals surface area contributed by atoms with Crippen LogP contribution >= 0.6 is 11.6 Å². The van der Waals surface area contributed by atoms with E-state index in [2.05, 4.69) is 4.74 Å². The van der Waals surface area contributed by atoms with Crippen LogP contribution < -0.4 is 0 Å². The van der Waals surface area contributed by atoms with Gasteiger partial charge in [-0.3, -0.25) is 4.79 Å². The summed E-state index contributed by atoms with van der Waals surface area (Å²) in [7, 11) is 1.30. The maximum absolute atomic E-state index is 11.1. The van der Waals surface area contributed by atoms with Crippen LogP contribution in [0.2, 0.25) is 0 Å². The smallest absolute Gasteiger partial charge is 0.328 e. The van der Waals surface area contributed by atoms with Gasteiger partial charge in [-0.15, -0.1) is 0 Å². The molecule has 5 heteroatoms. The third-order valence-electron chi connectivity index (χ3n) is 1.95. The largest absolute Gasteiger partial charge is 0.467 e. The molecule has 0 bridgehead atoms. The molecule has 0 spiro atoms. The molecular formula is C7H10ClNO3. The maximum Gasteiger partial charge on any atom is 0.328 e. The molecule has 1 amide bonds. The molecule has 1 atom stereocenters. The van der Waals surface area contributed by atoms with Crippen LogP contribution in [0, 0.1) is 0 Å².